The highest BCUT2D eigenvalue weighted by molar-refractivity contribution is 5.88. The van der Waals surface area contributed by atoms with Crippen molar-refractivity contribution in [2.24, 2.45) is 5.92 Å². The van der Waals surface area contributed by atoms with E-state index in [2.05, 4.69) is 14.7 Å². The van der Waals surface area contributed by atoms with Crippen LogP contribution >= 0.6 is 0 Å². The maximum Gasteiger partial charge on any atom is 0.491 e. The van der Waals surface area contributed by atoms with E-state index in [0.717, 1.165) is 22.4 Å². The van der Waals surface area contributed by atoms with Crippen LogP contribution in [0.3, 0.4) is 0 Å². The predicted molar refractivity (Wildman–Crippen MR) is 133 cm³/mol. The zero-order valence-electron chi connectivity index (χ0n) is 21.4. The average molecular weight is 546 g/mol. The number of ether oxygens (including phenoxy) is 2. The highest BCUT2D eigenvalue weighted by atomic mass is 19.4. The van der Waals surface area contributed by atoms with E-state index in [1.165, 1.54) is 6.07 Å². The van der Waals surface area contributed by atoms with Gasteiger partial charge in [0.05, 0.1) is 11.3 Å². The van der Waals surface area contributed by atoms with Gasteiger partial charge in [0.1, 0.15) is 18.2 Å². The van der Waals surface area contributed by atoms with Crippen LogP contribution in [-0.2, 0) is 33.9 Å². The molecule has 1 aliphatic heterocycles. The molecule has 1 unspecified atom stereocenters. The highest BCUT2D eigenvalue weighted by Gasteiger charge is 2.42. The average Bonchev–Trinajstić information content (AvgIpc) is 2.87. The Morgan fingerprint density at radius 1 is 1.13 bits per heavy atom. The van der Waals surface area contributed by atoms with E-state index in [0.29, 0.717) is 38.4 Å². The fraction of sp³-hybridized carbons (Fsp3) is 0.357. The van der Waals surface area contributed by atoms with E-state index in [-0.39, 0.29) is 23.7 Å². The predicted octanol–water partition coefficient (Wildman–Crippen LogP) is 5.19. The van der Waals surface area contributed by atoms with Gasteiger partial charge in [0.25, 0.3) is 0 Å². The molecule has 1 aliphatic rings. The molecular formula is C28H27F4N3O4. The molecule has 1 aromatic heterocycles. The molecule has 2 aromatic carbocycles. The van der Waals surface area contributed by atoms with E-state index in [1.807, 2.05) is 36.1 Å². The lowest BCUT2D eigenvalue weighted by Crippen LogP contribution is -2.35. The third-order valence-corrected chi connectivity index (χ3v) is 6.24. The number of rotatable bonds is 8. The van der Waals surface area contributed by atoms with Gasteiger partial charge in [-0.05, 0) is 30.5 Å². The molecular weight excluding hydrogens is 518 g/mol. The van der Waals surface area contributed by atoms with Crippen molar-refractivity contribution in [1.82, 2.24) is 14.9 Å². The molecule has 0 aliphatic carbocycles. The minimum Gasteiger partial charge on any atom is -0.489 e. The van der Waals surface area contributed by atoms with Crippen LogP contribution < -0.4 is 4.74 Å². The fourth-order valence-corrected chi connectivity index (χ4v) is 4.27. The minimum absolute atomic E-state index is 0.253. The Morgan fingerprint density at radius 3 is 2.56 bits per heavy atom. The molecule has 0 amide bonds. The van der Waals surface area contributed by atoms with Crippen molar-refractivity contribution in [2.45, 2.75) is 46.0 Å². The Labute approximate surface area is 222 Å². The Kier molecular flexibility index (Phi) is 8.59. The summed E-state index contributed by atoms with van der Waals surface area (Å²) in [6.45, 7) is 5.44. The van der Waals surface area contributed by atoms with Gasteiger partial charge in [-0.25, -0.2) is 19.2 Å². The molecule has 2 heterocycles. The topological polar surface area (TPSA) is 81.6 Å². The maximum absolute atomic E-state index is 14.9. The van der Waals surface area contributed by atoms with Crippen molar-refractivity contribution in [3.05, 3.63) is 76.9 Å². The molecule has 0 spiro atoms. The van der Waals surface area contributed by atoms with Gasteiger partial charge in [0.15, 0.2) is 5.82 Å². The van der Waals surface area contributed by atoms with Gasteiger partial charge in [-0.2, -0.15) is 13.2 Å². The normalized spacial score (nSPS) is 14.4. The number of carbonyl (C=O) groups excluding carboxylic acids is 2. The first kappa shape index (κ1) is 28.2. The zero-order chi connectivity index (χ0) is 28.2. The largest absolute Gasteiger partial charge is 0.491 e. The monoisotopic (exact) mass is 545 g/mol. The lowest BCUT2D eigenvalue weighted by molar-refractivity contribution is -0.202. The Bertz CT molecular complexity index is 1350. The number of esters is 2. The lowest BCUT2D eigenvalue weighted by Gasteiger charge is -2.30. The fourth-order valence-electron chi connectivity index (χ4n) is 4.27. The summed E-state index contributed by atoms with van der Waals surface area (Å²) >= 11 is 0. The molecule has 1 atom stereocenters. The van der Waals surface area contributed by atoms with Crippen molar-refractivity contribution in [3.63, 3.8) is 0 Å². The molecule has 0 saturated heterocycles. The van der Waals surface area contributed by atoms with Gasteiger partial charge in [0.2, 0.25) is 0 Å². The molecule has 0 radical (unpaired) electrons. The molecule has 0 N–H and O–H groups in total. The van der Waals surface area contributed by atoms with Gasteiger partial charge in [0, 0.05) is 50.3 Å². The first-order valence-corrected chi connectivity index (χ1v) is 12.3. The number of benzene rings is 2. The second-order valence-electron chi connectivity index (χ2n) is 9.64. The summed E-state index contributed by atoms with van der Waals surface area (Å²) in [4.78, 5) is 33.4. The highest BCUT2D eigenvalue weighted by Crippen LogP contribution is 2.27. The van der Waals surface area contributed by atoms with Crippen LogP contribution in [-0.4, -0.2) is 46.1 Å². The second-order valence-corrected chi connectivity index (χ2v) is 9.64. The quantitative estimate of drug-likeness (QED) is 0.219. The molecule has 3 aromatic rings. The number of hydrogen-bond acceptors (Lipinski definition) is 7. The Morgan fingerprint density at radius 2 is 1.87 bits per heavy atom. The number of carbonyl (C=O) groups is 2. The summed E-state index contributed by atoms with van der Waals surface area (Å²) < 4.78 is 61.3. The van der Waals surface area contributed by atoms with E-state index in [4.69, 9.17) is 4.74 Å². The SMILES string of the molecule is Cc1ccc(COc2ccc(-c3ncc4c(n3)CCN(CC(C)CC(=O)OC(=O)C(F)(F)F)C4)c(F)c2)cc1. The summed E-state index contributed by atoms with van der Waals surface area (Å²) in [6.07, 6.45) is -3.36. The van der Waals surface area contributed by atoms with Crippen LogP contribution in [0.5, 0.6) is 5.75 Å². The van der Waals surface area contributed by atoms with Crippen molar-refractivity contribution >= 4 is 11.9 Å². The number of fused-ring (bicyclic) bond motifs is 1. The molecule has 39 heavy (non-hydrogen) atoms. The first-order chi connectivity index (χ1) is 18.5. The van der Waals surface area contributed by atoms with Crippen molar-refractivity contribution in [3.8, 4) is 17.1 Å². The van der Waals surface area contributed by atoms with Crippen LogP contribution in [0.2, 0.25) is 0 Å². The van der Waals surface area contributed by atoms with Gasteiger partial charge in [-0.1, -0.05) is 36.8 Å². The maximum atomic E-state index is 14.9. The van der Waals surface area contributed by atoms with Crippen LogP contribution in [0.4, 0.5) is 17.6 Å². The molecule has 0 saturated carbocycles. The van der Waals surface area contributed by atoms with Gasteiger partial charge < -0.3 is 9.47 Å². The minimum atomic E-state index is -5.21. The molecule has 7 nitrogen and oxygen atoms in total. The summed E-state index contributed by atoms with van der Waals surface area (Å²) in [5.74, 6) is -3.93. The zero-order valence-corrected chi connectivity index (χ0v) is 21.4. The number of halogens is 4. The number of nitrogens with zero attached hydrogens (tertiary/aromatic N) is 3. The van der Waals surface area contributed by atoms with Crippen molar-refractivity contribution in [2.75, 3.05) is 13.1 Å². The van der Waals surface area contributed by atoms with Gasteiger partial charge in [-0.3, -0.25) is 9.69 Å². The van der Waals surface area contributed by atoms with E-state index in [9.17, 15) is 27.2 Å². The Balaban J connectivity index is 1.33. The standard InChI is InChI=1S/C28H27F4N3O4/c1-17-3-5-19(6-4-17)16-38-21-7-8-22(23(29)12-21)26-33-13-20-15-35(10-9-24(20)34-26)14-18(2)11-25(36)39-27(37)28(30,31)32/h3-8,12-13,18H,9-11,14-16H2,1-2H3. The van der Waals surface area contributed by atoms with Crippen LogP contribution in [0.15, 0.2) is 48.7 Å². The molecule has 0 fully saturated rings. The lowest BCUT2D eigenvalue weighted by atomic mass is 10.0. The third-order valence-electron chi connectivity index (χ3n) is 6.24. The number of aryl methyl sites for hydroxylation is 1. The molecule has 0 bridgehead atoms. The number of alkyl halides is 3. The van der Waals surface area contributed by atoms with E-state index < -0.39 is 23.9 Å². The van der Waals surface area contributed by atoms with E-state index >= 15 is 0 Å². The molecule has 4 rings (SSSR count). The summed E-state index contributed by atoms with van der Waals surface area (Å²) in [6, 6.07) is 12.4. The van der Waals surface area contributed by atoms with E-state index in [1.54, 1.807) is 25.3 Å². The number of aromatic nitrogens is 2. The second kappa shape index (κ2) is 11.9. The third kappa shape index (κ3) is 7.60. The van der Waals surface area contributed by atoms with Crippen molar-refractivity contribution < 1.29 is 36.6 Å². The summed E-state index contributed by atoms with van der Waals surface area (Å²) in [5, 5.41) is 0. The van der Waals surface area contributed by atoms with Gasteiger partial charge in [-0.15, -0.1) is 0 Å². The first-order valence-electron chi connectivity index (χ1n) is 12.3. The molecule has 11 heteroatoms. The molecule has 206 valence electrons. The Hall–Kier alpha value is -3.86. The van der Waals surface area contributed by atoms with Gasteiger partial charge >= 0.3 is 18.1 Å². The summed E-state index contributed by atoms with van der Waals surface area (Å²) in [5.41, 5.74) is 3.99. The summed E-state index contributed by atoms with van der Waals surface area (Å²) in [7, 11) is 0. The number of hydrogen-bond donors (Lipinski definition) is 0. The van der Waals surface area contributed by atoms with Crippen LogP contribution in [0.1, 0.15) is 35.7 Å². The van der Waals surface area contributed by atoms with Crippen LogP contribution in [0.25, 0.3) is 11.4 Å². The van der Waals surface area contributed by atoms with Crippen LogP contribution in [0, 0.1) is 18.7 Å². The smallest absolute Gasteiger partial charge is 0.489 e. The van der Waals surface area contributed by atoms with Crippen molar-refractivity contribution in [1.29, 1.82) is 0 Å².